The van der Waals surface area contributed by atoms with E-state index in [1.807, 2.05) is 13.8 Å². The fraction of sp³-hybridized carbons (Fsp3) is 0.909. The Morgan fingerprint density at radius 3 is 2.19 bits per heavy atom. The van der Waals surface area contributed by atoms with E-state index in [1.165, 1.54) is 13.8 Å². The summed E-state index contributed by atoms with van der Waals surface area (Å²) in [5, 5.41) is 8.46. The molecule has 5 nitrogen and oxygen atoms in total. The highest BCUT2D eigenvalue weighted by atomic mass is 17.2. The minimum Gasteiger partial charge on any atom is -0.450 e. The third-order valence-corrected chi connectivity index (χ3v) is 1.93. The summed E-state index contributed by atoms with van der Waals surface area (Å²) in [6.07, 6.45) is 1.55. The summed E-state index contributed by atoms with van der Waals surface area (Å²) in [6, 6.07) is 0. The lowest BCUT2D eigenvalue weighted by molar-refractivity contribution is -0.444. The second kappa shape index (κ2) is 6.06. The van der Waals surface area contributed by atoms with Crippen molar-refractivity contribution in [1.29, 1.82) is 0 Å². The van der Waals surface area contributed by atoms with Crippen LogP contribution in [0.3, 0.4) is 0 Å². The largest absolute Gasteiger partial charge is 0.508 e. The smallest absolute Gasteiger partial charge is 0.450 e. The van der Waals surface area contributed by atoms with Gasteiger partial charge in [0.15, 0.2) is 0 Å². The number of unbranched alkanes of at least 4 members (excludes halogenated alkanes) is 1. The number of carboxylic acid groups (broad SMARTS) is 1. The molecule has 0 spiro atoms. The Labute approximate surface area is 96.6 Å². The molecule has 0 unspecified atom stereocenters. The monoisotopic (exact) mass is 234 g/mol. The zero-order valence-corrected chi connectivity index (χ0v) is 10.7. The van der Waals surface area contributed by atoms with E-state index in [9.17, 15) is 4.79 Å². The van der Waals surface area contributed by atoms with Crippen molar-refractivity contribution in [2.24, 2.45) is 0 Å². The average Bonchev–Trinajstić information content (AvgIpc) is 2.10. The molecular formula is C11H22O5. The lowest BCUT2D eigenvalue weighted by Crippen LogP contribution is -2.35. The minimum atomic E-state index is -1.39. The van der Waals surface area contributed by atoms with Gasteiger partial charge in [-0.1, -0.05) is 19.8 Å². The Morgan fingerprint density at radius 2 is 1.75 bits per heavy atom. The Hall–Kier alpha value is -0.810. The van der Waals surface area contributed by atoms with Crippen LogP contribution >= 0.6 is 0 Å². The van der Waals surface area contributed by atoms with Gasteiger partial charge in [0.1, 0.15) is 0 Å². The first-order chi connectivity index (χ1) is 7.18. The number of ether oxygens (including phenoxy) is 1. The molecule has 0 aliphatic heterocycles. The molecule has 0 radical (unpaired) electrons. The van der Waals surface area contributed by atoms with Crippen LogP contribution in [0, 0.1) is 0 Å². The molecule has 0 aliphatic rings. The van der Waals surface area contributed by atoms with Gasteiger partial charge in [0.25, 0.3) is 0 Å². The predicted octanol–water partition coefficient (Wildman–Crippen LogP) is 3.33. The van der Waals surface area contributed by atoms with Crippen molar-refractivity contribution in [2.45, 2.75) is 65.3 Å². The van der Waals surface area contributed by atoms with E-state index < -0.39 is 17.5 Å². The van der Waals surface area contributed by atoms with Crippen molar-refractivity contribution < 1.29 is 24.4 Å². The van der Waals surface area contributed by atoms with Crippen molar-refractivity contribution in [1.82, 2.24) is 0 Å². The van der Waals surface area contributed by atoms with Gasteiger partial charge >= 0.3 is 6.16 Å². The summed E-state index contributed by atoms with van der Waals surface area (Å²) >= 11 is 0. The second-order valence-corrected chi connectivity index (χ2v) is 4.80. The van der Waals surface area contributed by atoms with Crippen molar-refractivity contribution in [3.05, 3.63) is 0 Å². The summed E-state index contributed by atoms with van der Waals surface area (Å²) in [4.78, 5) is 20.6. The molecule has 0 saturated heterocycles. The summed E-state index contributed by atoms with van der Waals surface area (Å²) in [6.45, 7) is 8.83. The second-order valence-electron chi connectivity index (χ2n) is 4.80. The standard InChI is InChI=1S/C11H22O5/c1-6-7-8-10(2,3)15-16-11(4,5)14-9(12)13/h6-8H2,1-5H3,(H,12,13). The normalized spacial score (nSPS) is 12.6. The molecule has 0 saturated carbocycles. The first kappa shape index (κ1) is 15.2. The van der Waals surface area contributed by atoms with Crippen LogP contribution in [0.4, 0.5) is 4.79 Å². The van der Waals surface area contributed by atoms with Gasteiger partial charge < -0.3 is 9.84 Å². The molecule has 0 aromatic heterocycles. The maximum absolute atomic E-state index is 10.4. The van der Waals surface area contributed by atoms with Crippen LogP contribution in [0.15, 0.2) is 0 Å². The van der Waals surface area contributed by atoms with Gasteiger partial charge in [-0.2, -0.15) is 4.89 Å². The van der Waals surface area contributed by atoms with Crippen LogP contribution < -0.4 is 0 Å². The van der Waals surface area contributed by atoms with Crippen molar-refractivity contribution >= 4 is 6.16 Å². The van der Waals surface area contributed by atoms with Gasteiger partial charge in [-0.15, -0.1) is 0 Å². The van der Waals surface area contributed by atoms with Gasteiger partial charge in [-0.3, -0.25) is 0 Å². The van der Waals surface area contributed by atoms with Crippen LogP contribution in [0.1, 0.15) is 53.9 Å². The van der Waals surface area contributed by atoms with Crippen LogP contribution in [0.5, 0.6) is 0 Å². The zero-order chi connectivity index (χ0) is 12.8. The van der Waals surface area contributed by atoms with Crippen LogP contribution in [0.2, 0.25) is 0 Å². The number of hydrogen-bond acceptors (Lipinski definition) is 4. The topological polar surface area (TPSA) is 65.0 Å². The van der Waals surface area contributed by atoms with Crippen molar-refractivity contribution in [3.8, 4) is 0 Å². The van der Waals surface area contributed by atoms with E-state index in [4.69, 9.17) is 14.9 Å². The van der Waals surface area contributed by atoms with Crippen LogP contribution in [0.25, 0.3) is 0 Å². The predicted molar refractivity (Wildman–Crippen MR) is 59.0 cm³/mol. The van der Waals surface area contributed by atoms with E-state index in [0.29, 0.717) is 0 Å². The first-order valence-electron chi connectivity index (χ1n) is 5.47. The molecule has 1 N–H and O–H groups in total. The maximum atomic E-state index is 10.4. The van der Waals surface area contributed by atoms with Gasteiger partial charge in [0.2, 0.25) is 5.79 Å². The molecule has 16 heavy (non-hydrogen) atoms. The summed E-state index contributed by atoms with van der Waals surface area (Å²) < 4.78 is 4.51. The van der Waals surface area contributed by atoms with E-state index in [1.54, 1.807) is 0 Å². The van der Waals surface area contributed by atoms with E-state index in [0.717, 1.165) is 19.3 Å². The van der Waals surface area contributed by atoms with E-state index in [-0.39, 0.29) is 0 Å². The van der Waals surface area contributed by atoms with Gasteiger partial charge in [-0.05, 0) is 20.3 Å². The molecule has 0 aromatic rings. The Kier molecular flexibility index (Phi) is 5.75. The lowest BCUT2D eigenvalue weighted by Gasteiger charge is -2.29. The highest BCUT2D eigenvalue weighted by molar-refractivity contribution is 5.57. The average molecular weight is 234 g/mol. The maximum Gasteiger partial charge on any atom is 0.508 e. The molecule has 0 fully saturated rings. The molecule has 0 amide bonds. The van der Waals surface area contributed by atoms with E-state index in [2.05, 4.69) is 11.7 Å². The summed E-state index contributed by atoms with van der Waals surface area (Å²) in [5.74, 6) is -1.30. The van der Waals surface area contributed by atoms with Gasteiger partial charge in [0.05, 0.1) is 5.60 Å². The third-order valence-electron chi connectivity index (χ3n) is 1.93. The Bertz CT molecular complexity index is 222. The summed E-state index contributed by atoms with van der Waals surface area (Å²) in [5.41, 5.74) is -0.449. The Balaban J connectivity index is 4.06. The highest BCUT2D eigenvalue weighted by Gasteiger charge is 2.29. The summed E-state index contributed by atoms with van der Waals surface area (Å²) in [7, 11) is 0. The molecule has 5 heteroatoms. The lowest BCUT2D eigenvalue weighted by atomic mass is 10.0. The highest BCUT2D eigenvalue weighted by Crippen LogP contribution is 2.22. The number of rotatable bonds is 7. The van der Waals surface area contributed by atoms with E-state index >= 15 is 0 Å². The van der Waals surface area contributed by atoms with Crippen molar-refractivity contribution in [2.75, 3.05) is 0 Å². The SMILES string of the molecule is CCCCC(C)(C)OOC(C)(C)OC(=O)O. The molecule has 0 aliphatic carbocycles. The molecular weight excluding hydrogens is 212 g/mol. The molecule has 0 aromatic carbocycles. The fourth-order valence-electron chi connectivity index (χ4n) is 1.08. The van der Waals surface area contributed by atoms with Crippen molar-refractivity contribution in [3.63, 3.8) is 0 Å². The molecule has 0 heterocycles. The number of hydrogen-bond donors (Lipinski definition) is 1. The molecule has 0 atom stereocenters. The first-order valence-corrected chi connectivity index (χ1v) is 5.47. The van der Waals surface area contributed by atoms with Gasteiger partial charge in [0, 0.05) is 13.8 Å². The Morgan fingerprint density at radius 1 is 1.19 bits per heavy atom. The minimum absolute atomic E-state index is 0.449. The van der Waals surface area contributed by atoms with Crippen LogP contribution in [-0.2, 0) is 14.5 Å². The van der Waals surface area contributed by atoms with Crippen LogP contribution in [-0.4, -0.2) is 22.7 Å². The quantitative estimate of drug-likeness (QED) is 0.317. The molecule has 96 valence electrons. The zero-order valence-electron chi connectivity index (χ0n) is 10.7. The number of carbonyl (C=O) groups is 1. The van der Waals surface area contributed by atoms with Gasteiger partial charge in [-0.25, -0.2) is 9.68 Å². The fourth-order valence-corrected chi connectivity index (χ4v) is 1.08. The molecule has 0 rings (SSSR count). The third kappa shape index (κ3) is 7.48. The molecule has 0 bridgehead atoms.